The van der Waals surface area contributed by atoms with E-state index in [0.717, 1.165) is 0 Å². The number of rotatable bonds is 4. The van der Waals surface area contributed by atoms with Gasteiger partial charge in [0, 0.05) is 54.3 Å². The van der Waals surface area contributed by atoms with Crippen LogP contribution < -0.4 is 0 Å². The van der Waals surface area contributed by atoms with Crippen LogP contribution in [-0.4, -0.2) is 90.4 Å². The molecule has 0 aromatic carbocycles. The average Bonchev–Trinajstić information content (AvgIpc) is 3.51. The molecule has 5 N–H and O–H groups in total. The fraction of sp³-hybridized carbons (Fsp3) is 0.833. The molecule has 7 aliphatic rings. The summed E-state index contributed by atoms with van der Waals surface area (Å²) >= 11 is 0. The molecule has 1 saturated heterocycles. The van der Waals surface area contributed by atoms with Gasteiger partial charge in [0.1, 0.15) is 29.7 Å². The maximum absolute atomic E-state index is 14.5. The van der Waals surface area contributed by atoms with Crippen LogP contribution in [-0.2, 0) is 33.4 Å². The predicted molar refractivity (Wildman–Crippen MR) is 165 cm³/mol. The van der Waals surface area contributed by atoms with E-state index in [9.17, 15) is 44.7 Å². The van der Waals surface area contributed by atoms with Crippen LogP contribution in [0.3, 0.4) is 0 Å². The monoisotopic (exact) mass is 674 g/mol. The Balaban J connectivity index is 1.42. The van der Waals surface area contributed by atoms with Gasteiger partial charge >= 0.3 is 17.9 Å². The van der Waals surface area contributed by atoms with E-state index in [1.807, 2.05) is 27.7 Å². The number of carbonyl (C=O) groups is 4. The fourth-order valence-electron chi connectivity index (χ4n) is 12.4. The lowest BCUT2D eigenvalue weighted by Crippen LogP contribution is -2.77. The molecule has 266 valence electrons. The Kier molecular flexibility index (Phi) is 7.03. The summed E-state index contributed by atoms with van der Waals surface area (Å²) in [6, 6.07) is 0. The molecule has 48 heavy (non-hydrogen) atoms. The number of aliphatic hydroxyl groups excluding tert-OH is 2. The van der Waals surface area contributed by atoms with Crippen molar-refractivity contribution in [3.63, 3.8) is 0 Å². The SMILES string of the molecule is CC(=O)O[C@H]1C[C@H]2[C@H]([C@@H]3[C@@H](O)[C@@H]4[C@H]([C@H](C)C=C5OC(=O)[C@@](C)(O)[C@@]54C)[C@]31C)[C@@H](O)C(=O)[C@@]1(O)C[C@@]3(O)C[C@@H]3[C@H](OC(=O)CC(C)C)[C@]21C. The highest BCUT2D eigenvalue weighted by molar-refractivity contribution is 5.94. The first kappa shape index (κ1) is 34.1. The van der Waals surface area contributed by atoms with Gasteiger partial charge in [-0.1, -0.05) is 34.6 Å². The Labute approximate surface area is 280 Å². The van der Waals surface area contributed by atoms with Gasteiger partial charge in [-0.15, -0.1) is 0 Å². The van der Waals surface area contributed by atoms with Gasteiger partial charge in [0.05, 0.1) is 17.1 Å². The standard InChI is InChI=1S/C36H50O12/c1-14(2)9-21(38)48-29-18-12-35(18,44)13-36(45)28(41)26(39)22-17(32(29,36)6)11-19(46-16(4)37)31(5)23-15(3)10-20-33(7,25(23)27(40)24(22)31)34(8,43)30(42)47-20/h10,14-15,17-19,22-27,29,39-40,43-45H,9,11-13H2,1-8H3/t15-,17+,18-,19+,22-,23+,24-,25+,26-,27-,29+,31-,32+,33+,34-,35+,36+/m1/s1. The highest BCUT2D eigenvalue weighted by atomic mass is 16.6. The molecule has 12 nitrogen and oxygen atoms in total. The van der Waals surface area contributed by atoms with Gasteiger partial charge in [0.25, 0.3) is 0 Å². The predicted octanol–water partition coefficient (Wildman–Crippen LogP) is 1.42. The summed E-state index contributed by atoms with van der Waals surface area (Å²) in [6.07, 6.45) is -3.36. The molecular formula is C36H50O12. The van der Waals surface area contributed by atoms with Crippen LogP contribution in [0.4, 0.5) is 0 Å². The largest absolute Gasteiger partial charge is 0.462 e. The van der Waals surface area contributed by atoms with Crippen molar-refractivity contribution in [2.75, 3.05) is 0 Å². The van der Waals surface area contributed by atoms with E-state index < -0.39 is 117 Å². The second kappa shape index (κ2) is 9.90. The number of ether oxygens (including phenoxy) is 3. The van der Waals surface area contributed by atoms with Crippen molar-refractivity contribution in [2.24, 2.45) is 63.6 Å². The van der Waals surface area contributed by atoms with Crippen molar-refractivity contribution in [1.82, 2.24) is 0 Å². The van der Waals surface area contributed by atoms with E-state index >= 15 is 0 Å². The van der Waals surface area contributed by atoms with Crippen molar-refractivity contribution in [3.05, 3.63) is 11.8 Å². The first-order valence-corrected chi connectivity index (χ1v) is 17.4. The average molecular weight is 675 g/mol. The molecule has 6 fully saturated rings. The highest BCUT2D eigenvalue weighted by Crippen LogP contribution is 2.77. The molecule has 0 bridgehead atoms. The van der Waals surface area contributed by atoms with Crippen molar-refractivity contribution in [3.8, 4) is 0 Å². The van der Waals surface area contributed by atoms with Crippen LogP contribution in [0.2, 0.25) is 0 Å². The molecular weight excluding hydrogens is 624 g/mol. The molecule has 0 aromatic rings. The zero-order valence-electron chi connectivity index (χ0n) is 28.9. The number of fused-ring (bicyclic) bond motifs is 10. The van der Waals surface area contributed by atoms with E-state index in [1.54, 1.807) is 19.9 Å². The minimum atomic E-state index is -2.30. The number of allylic oxidation sites excluding steroid dienone is 1. The van der Waals surface area contributed by atoms with Crippen molar-refractivity contribution in [2.45, 2.75) is 122 Å². The summed E-state index contributed by atoms with van der Waals surface area (Å²) < 4.78 is 17.9. The molecule has 0 spiro atoms. The Hall–Kier alpha value is -2.38. The van der Waals surface area contributed by atoms with Gasteiger partial charge in [0.2, 0.25) is 0 Å². The lowest BCUT2D eigenvalue weighted by Gasteiger charge is -2.66. The van der Waals surface area contributed by atoms with E-state index in [0.29, 0.717) is 0 Å². The molecule has 7 rings (SSSR count). The quantitative estimate of drug-likeness (QED) is 0.213. The van der Waals surface area contributed by atoms with E-state index in [1.165, 1.54) is 13.8 Å². The second-order valence-corrected chi connectivity index (χ2v) is 17.6. The number of esters is 3. The van der Waals surface area contributed by atoms with Crippen LogP contribution in [0.25, 0.3) is 0 Å². The number of ketones is 1. The zero-order chi connectivity index (χ0) is 35.5. The smallest absolute Gasteiger partial charge is 0.343 e. The van der Waals surface area contributed by atoms with E-state index in [2.05, 4.69) is 0 Å². The van der Waals surface area contributed by atoms with Gasteiger partial charge in [-0.2, -0.15) is 0 Å². The van der Waals surface area contributed by atoms with Gasteiger partial charge in [-0.25, -0.2) is 4.79 Å². The third-order valence-corrected chi connectivity index (χ3v) is 14.8. The molecule has 17 atom stereocenters. The molecule has 0 amide bonds. The topological polar surface area (TPSA) is 197 Å². The van der Waals surface area contributed by atoms with Gasteiger partial charge in [-0.05, 0) is 56.4 Å². The first-order valence-electron chi connectivity index (χ1n) is 17.4. The maximum atomic E-state index is 14.5. The molecule has 1 aliphatic heterocycles. The van der Waals surface area contributed by atoms with E-state index in [4.69, 9.17) is 14.2 Å². The molecule has 12 heteroatoms. The van der Waals surface area contributed by atoms with Crippen LogP contribution in [0.15, 0.2) is 11.8 Å². The Morgan fingerprint density at radius 3 is 2.25 bits per heavy atom. The number of hydrogen-bond acceptors (Lipinski definition) is 12. The lowest BCUT2D eigenvalue weighted by molar-refractivity contribution is -0.280. The summed E-state index contributed by atoms with van der Waals surface area (Å²) in [5.74, 6) is -7.67. The van der Waals surface area contributed by atoms with Crippen molar-refractivity contribution < 1.29 is 58.9 Å². The third kappa shape index (κ3) is 3.79. The minimum absolute atomic E-state index is 0.0420. The van der Waals surface area contributed by atoms with Crippen molar-refractivity contribution in [1.29, 1.82) is 0 Å². The summed E-state index contributed by atoms with van der Waals surface area (Å²) in [4.78, 5) is 53.6. The number of aliphatic hydroxyl groups is 5. The van der Waals surface area contributed by atoms with Crippen LogP contribution in [0.1, 0.15) is 81.1 Å². The number of Topliss-reactive ketones (excluding diaryl/α,β-unsaturated/α-hetero) is 1. The van der Waals surface area contributed by atoms with Gasteiger partial charge in [-0.3, -0.25) is 14.4 Å². The molecule has 5 saturated carbocycles. The molecule has 0 aromatic heterocycles. The van der Waals surface area contributed by atoms with Gasteiger partial charge in [0.15, 0.2) is 11.4 Å². The second-order valence-electron chi connectivity index (χ2n) is 17.6. The highest BCUT2D eigenvalue weighted by Gasteiger charge is 2.84. The first-order chi connectivity index (χ1) is 22.0. The summed E-state index contributed by atoms with van der Waals surface area (Å²) in [5, 5.41) is 60.3. The Morgan fingerprint density at radius 2 is 1.65 bits per heavy atom. The summed E-state index contributed by atoms with van der Waals surface area (Å²) in [5.41, 5.74) is -9.81. The third-order valence-electron chi connectivity index (χ3n) is 14.8. The van der Waals surface area contributed by atoms with Gasteiger partial charge < -0.3 is 39.7 Å². The molecule has 6 aliphatic carbocycles. The fourth-order valence-corrected chi connectivity index (χ4v) is 12.4. The van der Waals surface area contributed by atoms with Crippen molar-refractivity contribution >= 4 is 23.7 Å². The minimum Gasteiger partial charge on any atom is -0.462 e. The molecule has 0 radical (unpaired) electrons. The van der Waals surface area contributed by atoms with Crippen LogP contribution in [0, 0.1) is 63.6 Å². The lowest BCUT2D eigenvalue weighted by atomic mass is 9.40. The molecule has 0 unspecified atom stereocenters. The van der Waals surface area contributed by atoms with Crippen LogP contribution in [0.5, 0.6) is 0 Å². The Bertz CT molecular complexity index is 1520. The normalized spacial score (nSPS) is 56.0. The number of carbonyl (C=O) groups excluding carboxylic acids is 4. The Morgan fingerprint density at radius 1 is 1.00 bits per heavy atom. The summed E-state index contributed by atoms with van der Waals surface area (Å²) in [6.45, 7) is 13.5. The molecule has 1 heterocycles. The summed E-state index contributed by atoms with van der Waals surface area (Å²) in [7, 11) is 0. The maximum Gasteiger partial charge on any atom is 0.343 e. The zero-order valence-corrected chi connectivity index (χ0v) is 28.9. The number of hydrogen-bond donors (Lipinski definition) is 5. The van der Waals surface area contributed by atoms with Crippen LogP contribution >= 0.6 is 0 Å². The van der Waals surface area contributed by atoms with E-state index in [-0.39, 0.29) is 43.3 Å².